The van der Waals surface area contributed by atoms with Crippen molar-refractivity contribution in [3.63, 3.8) is 0 Å². The van der Waals surface area contributed by atoms with Gasteiger partial charge in [0, 0.05) is 6.54 Å². The van der Waals surface area contributed by atoms with Gasteiger partial charge in [-0.15, -0.1) is 0 Å². The van der Waals surface area contributed by atoms with Gasteiger partial charge in [-0.1, -0.05) is 26.7 Å². The zero-order valence-corrected chi connectivity index (χ0v) is 9.18. The van der Waals surface area contributed by atoms with Gasteiger partial charge < -0.3 is 5.32 Å². The number of hydrogen-bond acceptors (Lipinski definition) is 2. The molecular formula is C11H24N2. The molecule has 0 bridgehead atoms. The minimum absolute atomic E-state index is 0.672. The van der Waals surface area contributed by atoms with E-state index < -0.39 is 0 Å². The quantitative estimate of drug-likeness (QED) is 0.704. The highest BCUT2D eigenvalue weighted by Gasteiger charge is 2.19. The van der Waals surface area contributed by atoms with E-state index in [1.165, 1.54) is 51.7 Å². The molecule has 0 aromatic carbocycles. The van der Waals surface area contributed by atoms with Crippen LogP contribution >= 0.6 is 0 Å². The lowest BCUT2D eigenvalue weighted by molar-refractivity contribution is 0.120. The summed E-state index contributed by atoms with van der Waals surface area (Å²) in [7, 11) is 0. The third kappa shape index (κ3) is 3.65. The van der Waals surface area contributed by atoms with Crippen molar-refractivity contribution in [1.29, 1.82) is 0 Å². The van der Waals surface area contributed by atoms with Crippen LogP contribution in [0.25, 0.3) is 0 Å². The fourth-order valence-electron chi connectivity index (χ4n) is 2.02. The first kappa shape index (κ1) is 11.0. The Labute approximate surface area is 82.7 Å². The van der Waals surface area contributed by atoms with Crippen LogP contribution in [0.1, 0.15) is 46.0 Å². The van der Waals surface area contributed by atoms with E-state index in [1.807, 2.05) is 0 Å². The van der Waals surface area contributed by atoms with Crippen molar-refractivity contribution in [2.24, 2.45) is 0 Å². The van der Waals surface area contributed by atoms with Gasteiger partial charge in [0.15, 0.2) is 0 Å². The average Bonchev–Trinajstić information content (AvgIpc) is 2.17. The summed E-state index contributed by atoms with van der Waals surface area (Å²) >= 11 is 0. The zero-order valence-electron chi connectivity index (χ0n) is 9.18. The molecule has 0 aromatic rings. The van der Waals surface area contributed by atoms with Crippen LogP contribution < -0.4 is 5.32 Å². The third-order valence-electron chi connectivity index (χ3n) is 2.80. The van der Waals surface area contributed by atoms with Gasteiger partial charge in [-0.05, 0) is 32.4 Å². The molecule has 0 radical (unpaired) electrons. The second-order valence-corrected chi connectivity index (χ2v) is 4.00. The van der Waals surface area contributed by atoms with E-state index in [-0.39, 0.29) is 0 Å². The van der Waals surface area contributed by atoms with Gasteiger partial charge in [0.25, 0.3) is 0 Å². The maximum Gasteiger partial charge on any atom is 0.0596 e. The Bertz CT molecular complexity index is 123. The molecule has 13 heavy (non-hydrogen) atoms. The Morgan fingerprint density at radius 1 is 1.31 bits per heavy atom. The molecule has 0 aromatic heterocycles. The predicted molar refractivity (Wildman–Crippen MR) is 57.8 cm³/mol. The lowest BCUT2D eigenvalue weighted by Crippen LogP contribution is -2.51. The van der Waals surface area contributed by atoms with E-state index in [9.17, 15) is 0 Å². The predicted octanol–water partition coefficient (Wildman–Crippen LogP) is 2.21. The molecule has 0 saturated carbocycles. The van der Waals surface area contributed by atoms with E-state index in [4.69, 9.17) is 0 Å². The van der Waals surface area contributed by atoms with Crippen molar-refractivity contribution in [3.8, 4) is 0 Å². The van der Waals surface area contributed by atoms with Gasteiger partial charge >= 0.3 is 0 Å². The average molecular weight is 184 g/mol. The van der Waals surface area contributed by atoms with Crippen LogP contribution in [-0.4, -0.2) is 30.7 Å². The Balaban J connectivity index is 2.28. The fourth-order valence-corrected chi connectivity index (χ4v) is 2.02. The van der Waals surface area contributed by atoms with Crippen molar-refractivity contribution in [1.82, 2.24) is 10.2 Å². The Hall–Kier alpha value is -0.0800. The fraction of sp³-hybridized carbons (Fsp3) is 1.00. The number of rotatable bonds is 5. The maximum atomic E-state index is 3.60. The van der Waals surface area contributed by atoms with Crippen LogP contribution in [-0.2, 0) is 0 Å². The third-order valence-corrected chi connectivity index (χ3v) is 2.80. The Kier molecular flexibility index (Phi) is 5.40. The van der Waals surface area contributed by atoms with Crippen molar-refractivity contribution in [3.05, 3.63) is 0 Å². The second-order valence-electron chi connectivity index (χ2n) is 4.00. The molecule has 0 aliphatic carbocycles. The molecule has 1 unspecified atom stereocenters. The van der Waals surface area contributed by atoms with E-state index in [2.05, 4.69) is 24.1 Å². The summed E-state index contributed by atoms with van der Waals surface area (Å²) in [6.45, 7) is 8.35. The second kappa shape index (κ2) is 6.39. The smallest absolute Gasteiger partial charge is 0.0596 e. The molecule has 1 rings (SSSR count). The molecule has 1 atom stereocenters. The Morgan fingerprint density at radius 3 is 2.85 bits per heavy atom. The van der Waals surface area contributed by atoms with Crippen molar-refractivity contribution >= 4 is 0 Å². The molecule has 1 N–H and O–H groups in total. The molecule has 2 heteroatoms. The minimum Gasteiger partial charge on any atom is -0.302 e. The molecule has 1 heterocycles. The van der Waals surface area contributed by atoms with Gasteiger partial charge in [-0.2, -0.15) is 0 Å². The van der Waals surface area contributed by atoms with Crippen LogP contribution in [0.2, 0.25) is 0 Å². The standard InChI is InChI=1S/C11H24N2/c1-3-5-9-13-10-6-8-12-11(13)7-4-2/h11-12H,3-10H2,1-2H3. The van der Waals surface area contributed by atoms with E-state index in [0.29, 0.717) is 6.17 Å². The van der Waals surface area contributed by atoms with Crippen molar-refractivity contribution in [2.45, 2.75) is 52.1 Å². The highest BCUT2D eigenvalue weighted by atomic mass is 15.3. The topological polar surface area (TPSA) is 15.3 Å². The summed E-state index contributed by atoms with van der Waals surface area (Å²) in [5, 5.41) is 3.60. The molecule has 0 amide bonds. The largest absolute Gasteiger partial charge is 0.302 e. The van der Waals surface area contributed by atoms with Gasteiger partial charge in [-0.3, -0.25) is 4.90 Å². The van der Waals surface area contributed by atoms with Crippen LogP contribution in [0.5, 0.6) is 0 Å². The zero-order chi connectivity index (χ0) is 9.52. The first-order chi connectivity index (χ1) is 6.38. The van der Waals surface area contributed by atoms with Crippen LogP contribution in [0.3, 0.4) is 0 Å². The number of nitrogens with zero attached hydrogens (tertiary/aromatic N) is 1. The van der Waals surface area contributed by atoms with Crippen LogP contribution in [0, 0.1) is 0 Å². The molecule has 1 saturated heterocycles. The lowest BCUT2D eigenvalue weighted by Gasteiger charge is -2.36. The van der Waals surface area contributed by atoms with E-state index >= 15 is 0 Å². The highest BCUT2D eigenvalue weighted by molar-refractivity contribution is 4.74. The van der Waals surface area contributed by atoms with E-state index in [0.717, 1.165) is 0 Å². The molecule has 1 fully saturated rings. The van der Waals surface area contributed by atoms with Crippen molar-refractivity contribution < 1.29 is 0 Å². The molecule has 0 spiro atoms. The highest BCUT2D eigenvalue weighted by Crippen LogP contribution is 2.10. The molecular weight excluding hydrogens is 160 g/mol. The summed E-state index contributed by atoms with van der Waals surface area (Å²) in [6, 6.07) is 0. The number of unbranched alkanes of at least 4 members (excludes halogenated alkanes) is 1. The summed E-state index contributed by atoms with van der Waals surface area (Å²) in [5.41, 5.74) is 0. The summed E-state index contributed by atoms with van der Waals surface area (Å²) in [6.07, 6.45) is 7.26. The molecule has 78 valence electrons. The number of nitrogens with one attached hydrogen (secondary N) is 1. The molecule has 1 aliphatic heterocycles. The first-order valence-corrected chi connectivity index (χ1v) is 5.86. The van der Waals surface area contributed by atoms with Gasteiger partial charge in [-0.25, -0.2) is 0 Å². The van der Waals surface area contributed by atoms with Gasteiger partial charge in [0.2, 0.25) is 0 Å². The summed E-state index contributed by atoms with van der Waals surface area (Å²) < 4.78 is 0. The van der Waals surface area contributed by atoms with Crippen LogP contribution in [0.15, 0.2) is 0 Å². The van der Waals surface area contributed by atoms with Gasteiger partial charge in [0.05, 0.1) is 6.17 Å². The molecule has 2 nitrogen and oxygen atoms in total. The monoisotopic (exact) mass is 184 g/mol. The summed E-state index contributed by atoms with van der Waals surface area (Å²) in [4.78, 5) is 2.62. The first-order valence-electron chi connectivity index (χ1n) is 5.86. The van der Waals surface area contributed by atoms with Crippen molar-refractivity contribution in [2.75, 3.05) is 19.6 Å². The molecule has 1 aliphatic rings. The SMILES string of the molecule is CCCCN1CCCNC1CCC. The minimum atomic E-state index is 0.672. The van der Waals surface area contributed by atoms with Gasteiger partial charge in [0.1, 0.15) is 0 Å². The van der Waals surface area contributed by atoms with Crippen LogP contribution in [0.4, 0.5) is 0 Å². The Morgan fingerprint density at radius 2 is 2.15 bits per heavy atom. The summed E-state index contributed by atoms with van der Waals surface area (Å²) in [5.74, 6) is 0. The number of hydrogen-bond donors (Lipinski definition) is 1. The normalized spacial score (nSPS) is 24.9. The van der Waals surface area contributed by atoms with E-state index in [1.54, 1.807) is 0 Å². The maximum absolute atomic E-state index is 3.60. The lowest BCUT2D eigenvalue weighted by atomic mass is 10.1.